The molecule has 7 heteroatoms. The highest BCUT2D eigenvalue weighted by atomic mass is 127. The summed E-state index contributed by atoms with van der Waals surface area (Å²) in [5, 5.41) is 6.03. The van der Waals surface area contributed by atoms with Gasteiger partial charge >= 0.3 is 0 Å². The molecular weight excluding hydrogens is 465 g/mol. The molecule has 0 spiro atoms. The van der Waals surface area contributed by atoms with Gasteiger partial charge in [-0.2, -0.15) is 0 Å². The van der Waals surface area contributed by atoms with Gasteiger partial charge in [0.05, 0.1) is 6.54 Å². The standard InChI is InChI=1S/C21H29N5O.HI/c1-15-10-16(2)12-19(11-15)25-21(22)24-14-17-6-5-7-18(13-17)20(27)23-8-9-26(3)4;/h5-7,10-13H,8-9,14H2,1-4H3,(H,23,27)(H3,22,24,25);1H. The molecule has 0 atom stereocenters. The monoisotopic (exact) mass is 495 g/mol. The molecule has 0 heterocycles. The van der Waals surface area contributed by atoms with Gasteiger partial charge in [-0.3, -0.25) is 4.79 Å². The molecule has 1 amide bonds. The normalized spacial score (nSPS) is 11.1. The molecule has 2 aromatic rings. The molecule has 0 saturated heterocycles. The van der Waals surface area contributed by atoms with Crippen LogP contribution in [-0.2, 0) is 6.54 Å². The molecule has 0 aliphatic rings. The van der Waals surface area contributed by atoms with E-state index in [1.807, 2.05) is 63.2 Å². The lowest BCUT2D eigenvalue weighted by Gasteiger charge is -2.11. The summed E-state index contributed by atoms with van der Waals surface area (Å²) < 4.78 is 0. The van der Waals surface area contributed by atoms with Gasteiger partial charge in [-0.05, 0) is 68.9 Å². The van der Waals surface area contributed by atoms with Crippen LogP contribution in [0.2, 0.25) is 0 Å². The molecule has 28 heavy (non-hydrogen) atoms. The second-order valence-electron chi connectivity index (χ2n) is 6.96. The molecule has 0 unspecified atom stereocenters. The van der Waals surface area contributed by atoms with Crippen LogP contribution in [-0.4, -0.2) is 44.0 Å². The lowest BCUT2D eigenvalue weighted by Crippen LogP contribution is -2.31. The molecule has 152 valence electrons. The van der Waals surface area contributed by atoms with E-state index < -0.39 is 0 Å². The van der Waals surface area contributed by atoms with Crippen molar-refractivity contribution in [1.82, 2.24) is 10.2 Å². The highest BCUT2D eigenvalue weighted by molar-refractivity contribution is 14.0. The fraction of sp³-hybridized carbons (Fsp3) is 0.333. The Morgan fingerprint density at radius 1 is 1.11 bits per heavy atom. The number of hydrogen-bond acceptors (Lipinski definition) is 3. The number of nitrogens with two attached hydrogens (primary N) is 1. The van der Waals surface area contributed by atoms with Gasteiger partial charge in [0.2, 0.25) is 0 Å². The fourth-order valence-corrected chi connectivity index (χ4v) is 2.72. The quantitative estimate of drug-likeness (QED) is 0.313. The Bertz CT molecular complexity index is 800. The van der Waals surface area contributed by atoms with Crippen LogP contribution in [0.4, 0.5) is 5.69 Å². The third-order valence-electron chi connectivity index (χ3n) is 3.96. The summed E-state index contributed by atoms with van der Waals surface area (Å²) in [5.41, 5.74) is 10.8. The van der Waals surface area contributed by atoms with Crippen molar-refractivity contribution >= 4 is 41.5 Å². The largest absolute Gasteiger partial charge is 0.370 e. The molecule has 2 rings (SSSR count). The van der Waals surface area contributed by atoms with E-state index in [0.29, 0.717) is 24.6 Å². The van der Waals surface area contributed by atoms with Gasteiger partial charge in [-0.1, -0.05) is 18.2 Å². The first-order chi connectivity index (χ1) is 12.8. The average molecular weight is 495 g/mol. The Balaban J connectivity index is 0.00000392. The van der Waals surface area contributed by atoms with E-state index in [2.05, 4.69) is 21.7 Å². The Morgan fingerprint density at radius 3 is 2.43 bits per heavy atom. The molecule has 6 nitrogen and oxygen atoms in total. The first-order valence-electron chi connectivity index (χ1n) is 9.00. The summed E-state index contributed by atoms with van der Waals surface area (Å²) in [6, 6.07) is 13.6. The van der Waals surface area contributed by atoms with Crippen molar-refractivity contribution in [2.45, 2.75) is 20.4 Å². The predicted octanol–water partition coefficient (Wildman–Crippen LogP) is 3.14. The van der Waals surface area contributed by atoms with Gasteiger partial charge in [0.1, 0.15) is 0 Å². The lowest BCUT2D eigenvalue weighted by molar-refractivity contribution is 0.0951. The third kappa shape index (κ3) is 8.26. The number of hydrogen-bond donors (Lipinski definition) is 3. The van der Waals surface area contributed by atoms with E-state index in [4.69, 9.17) is 5.73 Å². The molecule has 2 aromatic carbocycles. The van der Waals surface area contributed by atoms with Crippen LogP contribution >= 0.6 is 24.0 Å². The number of halogens is 1. The van der Waals surface area contributed by atoms with Crippen LogP contribution in [0, 0.1) is 13.8 Å². The summed E-state index contributed by atoms with van der Waals surface area (Å²) in [6.07, 6.45) is 0. The van der Waals surface area contributed by atoms with Gasteiger partial charge in [0.15, 0.2) is 5.96 Å². The summed E-state index contributed by atoms with van der Waals surface area (Å²) in [7, 11) is 3.95. The molecule has 0 bridgehead atoms. The van der Waals surface area contributed by atoms with Crippen LogP contribution < -0.4 is 16.4 Å². The van der Waals surface area contributed by atoms with Crippen molar-refractivity contribution in [3.8, 4) is 0 Å². The van der Waals surface area contributed by atoms with Crippen molar-refractivity contribution < 1.29 is 4.79 Å². The van der Waals surface area contributed by atoms with E-state index in [1.165, 1.54) is 11.1 Å². The van der Waals surface area contributed by atoms with Crippen LogP contribution in [0.3, 0.4) is 0 Å². The van der Waals surface area contributed by atoms with Gasteiger partial charge in [0.25, 0.3) is 5.91 Å². The molecule has 0 aromatic heterocycles. The van der Waals surface area contributed by atoms with Crippen molar-refractivity contribution in [2.24, 2.45) is 10.7 Å². The number of nitrogens with one attached hydrogen (secondary N) is 2. The van der Waals surface area contributed by atoms with Gasteiger partial charge in [-0.15, -0.1) is 24.0 Å². The number of amides is 1. The number of likely N-dealkylation sites (N-methyl/N-ethyl adjacent to an activating group) is 1. The SMILES string of the molecule is Cc1cc(C)cc(NC(N)=NCc2cccc(C(=O)NCCN(C)C)c2)c1.I. The second-order valence-corrected chi connectivity index (χ2v) is 6.96. The van der Waals surface area contributed by atoms with E-state index in [1.54, 1.807) is 6.07 Å². The zero-order valence-corrected chi connectivity index (χ0v) is 19.3. The fourth-order valence-electron chi connectivity index (χ4n) is 2.72. The van der Waals surface area contributed by atoms with Crippen molar-refractivity contribution in [3.63, 3.8) is 0 Å². The van der Waals surface area contributed by atoms with E-state index in [0.717, 1.165) is 17.8 Å². The Morgan fingerprint density at radius 2 is 1.79 bits per heavy atom. The summed E-state index contributed by atoms with van der Waals surface area (Å²) >= 11 is 0. The predicted molar refractivity (Wildman–Crippen MR) is 128 cm³/mol. The Hall–Kier alpha value is -2.13. The molecule has 0 fully saturated rings. The number of nitrogens with zero attached hydrogens (tertiary/aromatic N) is 2. The highest BCUT2D eigenvalue weighted by Crippen LogP contribution is 2.13. The third-order valence-corrected chi connectivity index (χ3v) is 3.96. The molecule has 0 saturated carbocycles. The van der Waals surface area contributed by atoms with Crippen molar-refractivity contribution in [3.05, 3.63) is 64.7 Å². The maximum absolute atomic E-state index is 12.2. The number of rotatable bonds is 7. The minimum Gasteiger partial charge on any atom is -0.370 e. The zero-order chi connectivity index (χ0) is 19.8. The maximum Gasteiger partial charge on any atom is 0.251 e. The number of aryl methyl sites for hydroxylation is 2. The van der Waals surface area contributed by atoms with E-state index in [9.17, 15) is 4.79 Å². The van der Waals surface area contributed by atoms with Crippen molar-refractivity contribution in [1.29, 1.82) is 0 Å². The van der Waals surface area contributed by atoms with Crippen molar-refractivity contribution in [2.75, 3.05) is 32.5 Å². The minimum atomic E-state index is -0.0796. The lowest BCUT2D eigenvalue weighted by atomic mass is 10.1. The smallest absolute Gasteiger partial charge is 0.251 e. The summed E-state index contributed by atoms with van der Waals surface area (Å²) in [5.74, 6) is 0.268. The Kier molecular flexibility index (Phi) is 9.95. The number of anilines is 1. The molecule has 4 N–H and O–H groups in total. The van der Waals surface area contributed by atoms with E-state index in [-0.39, 0.29) is 29.9 Å². The van der Waals surface area contributed by atoms with Crippen LogP contribution in [0.25, 0.3) is 0 Å². The van der Waals surface area contributed by atoms with Gasteiger partial charge in [0, 0.05) is 24.3 Å². The number of aliphatic imine (C=N–C) groups is 1. The highest BCUT2D eigenvalue weighted by Gasteiger charge is 2.06. The number of carbonyl (C=O) groups excluding carboxylic acids is 1. The van der Waals surface area contributed by atoms with Gasteiger partial charge < -0.3 is 21.3 Å². The summed E-state index contributed by atoms with van der Waals surface area (Å²) in [6.45, 7) is 5.90. The number of guanidine groups is 1. The minimum absolute atomic E-state index is 0. The molecule has 0 aliphatic heterocycles. The maximum atomic E-state index is 12.2. The second kappa shape index (κ2) is 11.7. The Labute approximate surface area is 184 Å². The molecule has 0 aliphatic carbocycles. The van der Waals surface area contributed by atoms with Crippen LogP contribution in [0.5, 0.6) is 0 Å². The first-order valence-corrected chi connectivity index (χ1v) is 9.00. The molecule has 0 radical (unpaired) electrons. The van der Waals surface area contributed by atoms with Crippen LogP contribution in [0.15, 0.2) is 47.5 Å². The first kappa shape index (κ1) is 23.9. The molecular formula is C21H30IN5O. The van der Waals surface area contributed by atoms with Crippen LogP contribution in [0.1, 0.15) is 27.0 Å². The average Bonchev–Trinajstić information content (AvgIpc) is 2.59. The van der Waals surface area contributed by atoms with Gasteiger partial charge in [-0.25, -0.2) is 4.99 Å². The topological polar surface area (TPSA) is 82.7 Å². The summed E-state index contributed by atoms with van der Waals surface area (Å²) in [4.78, 5) is 18.6. The number of benzene rings is 2. The van der Waals surface area contributed by atoms with E-state index >= 15 is 0 Å². The number of carbonyl (C=O) groups is 1. The zero-order valence-electron chi connectivity index (χ0n) is 17.0.